The van der Waals surface area contributed by atoms with Crippen molar-refractivity contribution in [2.45, 2.75) is 96.9 Å². The van der Waals surface area contributed by atoms with Crippen molar-refractivity contribution in [2.24, 2.45) is 0 Å². The molecule has 0 saturated heterocycles. The highest BCUT2D eigenvalue weighted by atomic mass is 15.3. The molecular weight excluding hydrogens is 810 g/mol. The van der Waals surface area contributed by atoms with Crippen molar-refractivity contribution in [1.29, 1.82) is 0 Å². The molecule has 1 aliphatic carbocycles. The number of hydrogen-bond acceptors (Lipinski definition) is 3. The van der Waals surface area contributed by atoms with Crippen LogP contribution >= 0.6 is 0 Å². The number of rotatable bonds is 5. The molecule has 12 rings (SSSR count). The molecule has 0 bridgehead atoms. The van der Waals surface area contributed by atoms with Crippen LogP contribution in [0.1, 0.15) is 90.5 Å². The van der Waals surface area contributed by atoms with Crippen molar-refractivity contribution in [1.82, 2.24) is 0 Å². The molecule has 0 aromatic heterocycles. The molecular formula is C63H60BN3. The second kappa shape index (κ2) is 14.6. The number of benzene rings is 8. The minimum absolute atomic E-state index is 0.000245. The molecule has 1 fully saturated rings. The molecule has 0 N–H and O–H groups in total. The van der Waals surface area contributed by atoms with Gasteiger partial charge in [0.15, 0.2) is 0 Å². The summed E-state index contributed by atoms with van der Waals surface area (Å²) in [5, 5.41) is 0. The molecule has 8 aromatic carbocycles. The summed E-state index contributed by atoms with van der Waals surface area (Å²) in [6.07, 6.45) is 2.37. The monoisotopic (exact) mass is 869 g/mol. The van der Waals surface area contributed by atoms with Crippen LogP contribution in [-0.4, -0.2) is 12.3 Å². The molecule has 3 nitrogen and oxygen atoms in total. The summed E-state index contributed by atoms with van der Waals surface area (Å²) < 4.78 is 0. The lowest BCUT2D eigenvalue weighted by Gasteiger charge is -2.56. The topological polar surface area (TPSA) is 9.72 Å². The van der Waals surface area contributed by atoms with Gasteiger partial charge in [-0.15, -0.1) is 0 Å². The molecule has 1 saturated carbocycles. The van der Waals surface area contributed by atoms with Gasteiger partial charge < -0.3 is 14.7 Å². The Morgan fingerprint density at radius 3 is 1.69 bits per heavy atom. The van der Waals surface area contributed by atoms with E-state index in [4.69, 9.17) is 0 Å². The van der Waals surface area contributed by atoms with E-state index in [1.165, 1.54) is 113 Å². The van der Waals surface area contributed by atoms with Gasteiger partial charge in [0.2, 0.25) is 0 Å². The van der Waals surface area contributed by atoms with Gasteiger partial charge in [0.1, 0.15) is 0 Å². The predicted octanol–water partition coefficient (Wildman–Crippen LogP) is 15.0. The Morgan fingerprint density at radius 2 is 1.03 bits per heavy atom. The molecule has 67 heavy (non-hydrogen) atoms. The van der Waals surface area contributed by atoms with E-state index in [0.717, 1.165) is 6.42 Å². The first-order valence-corrected chi connectivity index (χ1v) is 24.4. The molecule has 4 heteroatoms. The standard InChI is InChI=1S/C63H60BN3/c1-41-36-57-59-58(37-41)66(53-33-27-46(61(5,6)7)39-49(53)43-20-14-11-15-21-43)55-38-44(42-18-12-10-13-19-42)24-31-51(55)64(59)52-32-30-48(40-56(52)65(57)47-28-25-45(26-29-47)60(2,3)4)67-54-23-17-16-22-50(54)62(8)34-35-63(62,67)9/h10-33,36-40H,34-35H2,1-9H3. The van der Waals surface area contributed by atoms with Crippen LogP contribution in [0.5, 0.6) is 0 Å². The number of aryl methyl sites for hydroxylation is 1. The van der Waals surface area contributed by atoms with Gasteiger partial charge in [0, 0.05) is 50.8 Å². The quantitative estimate of drug-likeness (QED) is 0.160. The summed E-state index contributed by atoms with van der Waals surface area (Å²) in [6, 6.07) is 67.3. The Labute approximate surface area is 398 Å². The molecule has 3 heterocycles. The SMILES string of the molecule is Cc1cc2c3c(c1)N(c1ccc(C(C)(C)C)cc1-c1ccccc1)c1cc(-c4ccccc4)ccc1B3c1ccc(N3c4ccccc4C4(C)CCC34C)cc1N2c1ccc(C(C)(C)C)cc1. The first kappa shape index (κ1) is 41.6. The Hall–Kier alpha value is -6.78. The van der Waals surface area contributed by atoms with Crippen LogP contribution < -0.4 is 31.1 Å². The van der Waals surface area contributed by atoms with Gasteiger partial charge in [-0.05, 0) is 154 Å². The highest BCUT2D eigenvalue weighted by Gasteiger charge is 2.63. The third-order valence-corrected chi connectivity index (χ3v) is 16.3. The first-order valence-electron chi connectivity index (χ1n) is 24.4. The van der Waals surface area contributed by atoms with Crippen LogP contribution in [0, 0.1) is 6.92 Å². The second-order valence-corrected chi connectivity index (χ2v) is 22.3. The van der Waals surface area contributed by atoms with E-state index in [1.807, 2.05) is 0 Å². The Balaban J connectivity index is 1.15. The van der Waals surface area contributed by atoms with E-state index < -0.39 is 0 Å². The molecule has 0 radical (unpaired) electrons. The molecule has 3 aliphatic heterocycles. The van der Waals surface area contributed by atoms with Gasteiger partial charge in [-0.25, -0.2) is 0 Å². The van der Waals surface area contributed by atoms with E-state index in [9.17, 15) is 0 Å². The van der Waals surface area contributed by atoms with Gasteiger partial charge in [-0.1, -0.05) is 164 Å². The van der Waals surface area contributed by atoms with E-state index in [-0.39, 0.29) is 28.5 Å². The third kappa shape index (κ3) is 6.17. The highest BCUT2D eigenvalue weighted by Crippen LogP contribution is 2.65. The van der Waals surface area contributed by atoms with E-state index in [2.05, 4.69) is 253 Å². The maximum atomic E-state index is 2.69. The average Bonchev–Trinajstić information content (AvgIpc) is 3.45. The molecule has 4 aliphatic rings. The lowest BCUT2D eigenvalue weighted by Crippen LogP contribution is -2.62. The summed E-state index contributed by atoms with van der Waals surface area (Å²) >= 11 is 0. The van der Waals surface area contributed by atoms with E-state index in [0.29, 0.717) is 0 Å². The summed E-state index contributed by atoms with van der Waals surface area (Å²) in [5.74, 6) is 0. The molecule has 0 spiro atoms. The Morgan fingerprint density at radius 1 is 0.448 bits per heavy atom. The van der Waals surface area contributed by atoms with Crippen LogP contribution in [0.25, 0.3) is 22.3 Å². The van der Waals surface area contributed by atoms with Gasteiger partial charge in [0.25, 0.3) is 6.71 Å². The maximum absolute atomic E-state index is 2.69. The average molecular weight is 870 g/mol. The van der Waals surface area contributed by atoms with Crippen LogP contribution in [-0.2, 0) is 16.2 Å². The summed E-state index contributed by atoms with van der Waals surface area (Å²) in [7, 11) is 0. The highest BCUT2D eigenvalue weighted by molar-refractivity contribution is 7.00. The van der Waals surface area contributed by atoms with Gasteiger partial charge in [-0.2, -0.15) is 0 Å². The van der Waals surface area contributed by atoms with Gasteiger partial charge in [0.05, 0.1) is 11.2 Å². The Bertz CT molecular complexity index is 3270. The van der Waals surface area contributed by atoms with Crippen LogP contribution in [0.2, 0.25) is 0 Å². The first-order chi connectivity index (χ1) is 32.1. The number of fused-ring (bicyclic) bond motifs is 7. The second-order valence-electron chi connectivity index (χ2n) is 22.3. The summed E-state index contributed by atoms with van der Waals surface area (Å²) in [5.41, 5.74) is 24.2. The summed E-state index contributed by atoms with van der Waals surface area (Å²) in [4.78, 5) is 7.90. The Kier molecular flexibility index (Phi) is 9.08. The zero-order valence-corrected chi connectivity index (χ0v) is 40.6. The normalized spacial score (nSPS) is 19.0. The number of nitrogens with zero attached hydrogens (tertiary/aromatic N) is 3. The fraction of sp³-hybridized carbons (Fsp3) is 0.238. The van der Waals surface area contributed by atoms with Crippen molar-refractivity contribution in [3.8, 4) is 22.3 Å². The van der Waals surface area contributed by atoms with Crippen molar-refractivity contribution in [3.05, 3.63) is 198 Å². The number of anilines is 8. The fourth-order valence-electron chi connectivity index (χ4n) is 12.2. The largest absolute Gasteiger partial charge is 0.334 e. The smallest absolute Gasteiger partial charge is 0.252 e. The number of para-hydroxylation sites is 1. The van der Waals surface area contributed by atoms with Crippen molar-refractivity contribution < 1.29 is 0 Å². The third-order valence-electron chi connectivity index (χ3n) is 16.3. The van der Waals surface area contributed by atoms with E-state index in [1.54, 1.807) is 0 Å². The zero-order chi connectivity index (χ0) is 46.2. The molecule has 2 unspecified atom stereocenters. The molecule has 8 aromatic rings. The lowest BCUT2D eigenvalue weighted by atomic mass is 9.33. The fourth-order valence-corrected chi connectivity index (χ4v) is 12.2. The predicted molar refractivity (Wildman–Crippen MR) is 287 cm³/mol. The molecule has 330 valence electrons. The van der Waals surface area contributed by atoms with Crippen molar-refractivity contribution >= 4 is 68.6 Å². The van der Waals surface area contributed by atoms with Crippen molar-refractivity contribution in [2.75, 3.05) is 14.7 Å². The lowest BCUT2D eigenvalue weighted by molar-refractivity contribution is 0.133. The minimum Gasteiger partial charge on any atom is -0.334 e. The zero-order valence-electron chi connectivity index (χ0n) is 40.6. The van der Waals surface area contributed by atoms with Crippen LogP contribution in [0.3, 0.4) is 0 Å². The molecule has 0 amide bonds. The molecule has 2 atom stereocenters. The minimum atomic E-state index is -0.0205. The van der Waals surface area contributed by atoms with E-state index >= 15 is 0 Å². The number of hydrogen-bond donors (Lipinski definition) is 0. The maximum Gasteiger partial charge on any atom is 0.252 e. The van der Waals surface area contributed by atoms with Crippen molar-refractivity contribution in [3.63, 3.8) is 0 Å². The van der Waals surface area contributed by atoms with Gasteiger partial charge in [-0.3, -0.25) is 0 Å². The summed E-state index contributed by atoms with van der Waals surface area (Å²) in [6.45, 7) is 21.2. The van der Waals surface area contributed by atoms with Crippen LogP contribution in [0.4, 0.5) is 45.5 Å². The van der Waals surface area contributed by atoms with Crippen LogP contribution in [0.15, 0.2) is 176 Å². The van der Waals surface area contributed by atoms with Gasteiger partial charge >= 0.3 is 0 Å².